The van der Waals surface area contributed by atoms with Crippen molar-refractivity contribution >= 4 is 29.1 Å². The maximum atomic E-state index is 12.5. The molecule has 0 atom stereocenters. The van der Waals surface area contributed by atoms with Crippen molar-refractivity contribution in [2.75, 3.05) is 39.5 Å². The fraction of sp³-hybridized carbons (Fsp3) is 0.500. The molecular weight excluding hydrogens is 332 g/mol. The Morgan fingerprint density at radius 1 is 1.38 bits per heavy atom. The number of halogens is 1. The van der Waals surface area contributed by atoms with Crippen molar-refractivity contribution < 1.29 is 14.3 Å². The molecule has 2 amide bonds. The molecule has 1 aliphatic rings. The third-order valence-electron chi connectivity index (χ3n) is 4.13. The smallest absolute Gasteiger partial charge is 0.255 e. The minimum Gasteiger partial charge on any atom is -0.496 e. The van der Waals surface area contributed by atoms with E-state index in [9.17, 15) is 9.59 Å². The normalized spacial score (nSPS) is 15.8. The molecule has 132 valence electrons. The number of nitrogens with zero attached hydrogens (tertiary/aromatic N) is 1. The van der Waals surface area contributed by atoms with Gasteiger partial charge in [0.05, 0.1) is 29.9 Å². The van der Waals surface area contributed by atoms with Crippen LogP contribution in [0.3, 0.4) is 0 Å². The highest BCUT2D eigenvalue weighted by molar-refractivity contribution is 6.33. The van der Waals surface area contributed by atoms with Crippen LogP contribution in [0, 0.1) is 0 Å². The second kappa shape index (κ2) is 8.21. The molecule has 0 radical (unpaired) electrons. The van der Waals surface area contributed by atoms with Crippen LogP contribution in [-0.4, -0.2) is 56.5 Å². The van der Waals surface area contributed by atoms with E-state index in [0.717, 1.165) is 25.9 Å². The Bertz CT molecular complexity index is 616. The van der Waals surface area contributed by atoms with Crippen LogP contribution >= 0.6 is 11.6 Å². The first-order valence-electron chi connectivity index (χ1n) is 7.81. The number of rotatable bonds is 5. The van der Waals surface area contributed by atoms with Gasteiger partial charge in [-0.1, -0.05) is 11.6 Å². The number of likely N-dealkylation sites (N-methyl/N-ethyl adjacent to an activating group) is 1. The monoisotopic (exact) mass is 354 g/mol. The van der Waals surface area contributed by atoms with E-state index < -0.39 is 0 Å². The largest absolute Gasteiger partial charge is 0.496 e. The molecule has 7 nitrogen and oxygen atoms in total. The Balaban J connectivity index is 1.94. The van der Waals surface area contributed by atoms with Crippen LogP contribution in [0.25, 0.3) is 0 Å². The molecule has 0 aromatic heterocycles. The number of methoxy groups -OCH3 is 1. The third-order valence-corrected chi connectivity index (χ3v) is 4.46. The van der Waals surface area contributed by atoms with Crippen molar-refractivity contribution in [3.05, 3.63) is 22.7 Å². The number of benzene rings is 1. The molecule has 1 aliphatic heterocycles. The van der Waals surface area contributed by atoms with Gasteiger partial charge in [-0.05, 0) is 18.9 Å². The Morgan fingerprint density at radius 3 is 2.62 bits per heavy atom. The van der Waals surface area contributed by atoms with E-state index in [4.69, 9.17) is 22.1 Å². The van der Waals surface area contributed by atoms with E-state index in [1.54, 1.807) is 13.1 Å². The zero-order chi connectivity index (χ0) is 17.7. The second-order valence-electron chi connectivity index (χ2n) is 5.77. The minimum absolute atomic E-state index is 0.00117. The van der Waals surface area contributed by atoms with E-state index in [-0.39, 0.29) is 17.9 Å². The zero-order valence-electron chi connectivity index (χ0n) is 13.9. The summed E-state index contributed by atoms with van der Waals surface area (Å²) in [6, 6.07) is 3.12. The van der Waals surface area contributed by atoms with Crippen LogP contribution in [0.5, 0.6) is 5.75 Å². The number of nitrogens with two attached hydrogens (primary N) is 1. The van der Waals surface area contributed by atoms with Gasteiger partial charge in [0, 0.05) is 32.2 Å². The van der Waals surface area contributed by atoms with E-state index in [1.807, 2.05) is 0 Å². The highest BCUT2D eigenvalue weighted by Gasteiger charge is 2.23. The molecule has 2 rings (SSSR count). The number of carbonyl (C=O) groups excluding carboxylic acids is 2. The Morgan fingerprint density at radius 2 is 2.04 bits per heavy atom. The van der Waals surface area contributed by atoms with Crippen LogP contribution in [0.1, 0.15) is 23.2 Å². The van der Waals surface area contributed by atoms with Gasteiger partial charge >= 0.3 is 0 Å². The molecule has 1 fully saturated rings. The lowest BCUT2D eigenvalue weighted by molar-refractivity contribution is -0.122. The van der Waals surface area contributed by atoms with Gasteiger partial charge in [-0.25, -0.2) is 0 Å². The summed E-state index contributed by atoms with van der Waals surface area (Å²) in [5.41, 5.74) is 6.47. The fourth-order valence-corrected chi connectivity index (χ4v) is 2.86. The van der Waals surface area contributed by atoms with Crippen molar-refractivity contribution in [1.29, 1.82) is 0 Å². The highest BCUT2D eigenvalue weighted by Crippen LogP contribution is 2.29. The average molecular weight is 355 g/mol. The number of hydrogen-bond acceptors (Lipinski definition) is 5. The number of likely N-dealkylation sites (tertiary alicyclic amines) is 1. The fourth-order valence-electron chi connectivity index (χ4n) is 2.70. The molecule has 0 bridgehead atoms. The lowest BCUT2D eigenvalue weighted by Gasteiger charge is -2.31. The summed E-state index contributed by atoms with van der Waals surface area (Å²) < 4.78 is 5.21. The second-order valence-corrected chi connectivity index (χ2v) is 6.18. The molecule has 0 saturated carbocycles. The summed E-state index contributed by atoms with van der Waals surface area (Å²) in [6.07, 6.45) is 1.57. The maximum absolute atomic E-state index is 12.5. The number of amides is 2. The minimum atomic E-state index is -0.237. The Kier molecular flexibility index (Phi) is 6.28. The van der Waals surface area contributed by atoms with Gasteiger partial charge in [0.15, 0.2) is 0 Å². The third kappa shape index (κ3) is 4.52. The molecule has 0 spiro atoms. The van der Waals surface area contributed by atoms with E-state index in [1.165, 1.54) is 13.2 Å². The summed E-state index contributed by atoms with van der Waals surface area (Å²) >= 11 is 6.01. The van der Waals surface area contributed by atoms with Crippen LogP contribution in [0.2, 0.25) is 5.02 Å². The first-order chi connectivity index (χ1) is 11.4. The number of piperidine rings is 1. The van der Waals surface area contributed by atoms with E-state index in [2.05, 4.69) is 15.5 Å². The molecule has 8 heteroatoms. The topological polar surface area (TPSA) is 96.7 Å². The van der Waals surface area contributed by atoms with Crippen LogP contribution < -0.4 is 21.1 Å². The number of anilines is 1. The van der Waals surface area contributed by atoms with E-state index in [0.29, 0.717) is 28.6 Å². The van der Waals surface area contributed by atoms with Gasteiger partial charge in [-0.15, -0.1) is 0 Å². The number of carbonyl (C=O) groups is 2. The number of nitrogen functional groups attached to an aromatic ring is 1. The van der Waals surface area contributed by atoms with Gasteiger partial charge < -0.3 is 21.1 Å². The van der Waals surface area contributed by atoms with Gasteiger partial charge in [0.2, 0.25) is 5.91 Å². The van der Waals surface area contributed by atoms with Crippen molar-refractivity contribution in [3.63, 3.8) is 0 Å². The molecule has 4 N–H and O–H groups in total. The highest BCUT2D eigenvalue weighted by atomic mass is 35.5. The summed E-state index contributed by atoms with van der Waals surface area (Å²) in [7, 11) is 3.11. The van der Waals surface area contributed by atoms with E-state index >= 15 is 0 Å². The van der Waals surface area contributed by atoms with Crippen LogP contribution in [-0.2, 0) is 4.79 Å². The Hall–Kier alpha value is -1.99. The Labute approximate surface area is 146 Å². The van der Waals surface area contributed by atoms with Crippen LogP contribution in [0.4, 0.5) is 5.69 Å². The molecule has 24 heavy (non-hydrogen) atoms. The number of hydrogen-bond donors (Lipinski definition) is 3. The standard InChI is InChI=1S/C16H23ClN4O3/c1-19-15(22)9-21-5-3-10(4-6-21)20-16(23)11-7-12(17)13(18)8-14(11)24-2/h7-8,10H,3-6,9,18H2,1-2H3,(H,19,22)(H,20,23). The molecule has 0 unspecified atom stereocenters. The van der Waals surface area contributed by atoms with Gasteiger partial charge in [0.25, 0.3) is 5.91 Å². The first kappa shape index (κ1) is 18.4. The average Bonchev–Trinajstić information content (AvgIpc) is 2.58. The number of nitrogens with one attached hydrogen (secondary N) is 2. The lowest BCUT2D eigenvalue weighted by Crippen LogP contribution is -2.47. The summed E-state index contributed by atoms with van der Waals surface area (Å²) in [6.45, 7) is 1.91. The van der Waals surface area contributed by atoms with Crippen molar-refractivity contribution in [3.8, 4) is 5.75 Å². The first-order valence-corrected chi connectivity index (χ1v) is 8.19. The number of ether oxygens (including phenoxy) is 1. The molecule has 0 aliphatic carbocycles. The lowest BCUT2D eigenvalue weighted by atomic mass is 10.0. The molecular formula is C16H23ClN4O3. The van der Waals surface area contributed by atoms with Crippen molar-refractivity contribution in [1.82, 2.24) is 15.5 Å². The van der Waals surface area contributed by atoms with Gasteiger partial charge in [0.1, 0.15) is 5.75 Å². The van der Waals surface area contributed by atoms with Crippen molar-refractivity contribution in [2.45, 2.75) is 18.9 Å². The van der Waals surface area contributed by atoms with Crippen LogP contribution in [0.15, 0.2) is 12.1 Å². The molecule has 1 aromatic rings. The van der Waals surface area contributed by atoms with Gasteiger partial charge in [-0.2, -0.15) is 0 Å². The van der Waals surface area contributed by atoms with Gasteiger partial charge in [-0.3, -0.25) is 14.5 Å². The quantitative estimate of drug-likeness (QED) is 0.682. The predicted octanol–water partition coefficient (Wildman–Crippen LogP) is 0.871. The predicted molar refractivity (Wildman–Crippen MR) is 93.4 cm³/mol. The molecule has 1 saturated heterocycles. The summed E-state index contributed by atoms with van der Waals surface area (Å²) in [5, 5.41) is 5.93. The summed E-state index contributed by atoms with van der Waals surface area (Å²) in [4.78, 5) is 26.0. The molecule has 1 heterocycles. The van der Waals surface area contributed by atoms with Crippen molar-refractivity contribution in [2.24, 2.45) is 0 Å². The zero-order valence-corrected chi connectivity index (χ0v) is 14.7. The summed E-state index contributed by atoms with van der Waals surface area (Å²) in [5.74, 6) is 0.156. The maximum Gasteiger partial charge on any atom is 0.255 e. The SMILES string of the molecule is CNC(=O)CN1CCC(NC(=O)c2cc(Cl)c(N)cc2OC)CC1. The molecule has 1 aromatic carbocycles.